The highest BCUT2D eigenvalue weighted by Crippen LogP contribution is 2.56. The van der Waals surface area contributed by atoms with Gasteiger partial charge in [-0.3, -0.25) is 0 Å². The molecule has 192 valence electrons. The van der Waals surface area contributed by atoms with Gasteiger partial charge in [0.1, 0.15) is 17.8 Å². The first-order chi connectivity index (χ1) is 14.7. The van der Waals surface area contributed by atoms with Crippen molar-refractivity contribution in [2.24, 2.45) is 0 Å². The topological polar surface area (TPSA) is 21.3 Å². The van der Waals surface area contributed by atoms with Crippen LogP contribution in [0.5, 0.6) is 5.75 Å². The molecule has 0 saturated heterocycles. The number of hydrogen-bond donors (Lipinski definition) is 1. The van der Waals surface area contributed by atoms with Crippen molar-refractivity contribution < 1.29 is 43.7 Å². The number of benzene rings is 1. The first-order valence-electron chi connectivity index (χ1n) is 9.58. The lowest BCUT2D eigenvalue weighted by molar-refractivity contribution is -0.238. The molecule has 14 heteroatoms. The lowest BCUT2D eigenvalue weighted by Gasteiger charge is -2.31. The molecule has 0 amide bonds. The van der Waals surface area contributed by atoms with Crippen LogP contribution in [0.4, 0.5) is 39.5 Å². The van der Waals surface area contributed by atoms with Crippen LogP contribution in [0.2, 0.25) is 0 Å². The zero-order valence-electron chi connectivity index (χ0n) is 18.4. The minimum atomic E-state index is -6.05. The van der Waals surface area contributed by atoms with Gasteiger partial charge in [0.2, 0.25) is 0 Å². The van der Waals surface area contributed by atoms with E-state index in [1.807, 2.05) is 13.8 Å². The number of hydrogen-bond acceptors (Lipinski definition) is 5. The molecule has 1 N–H and O–H groups in total. The van der Waals surface area contributed by atoms with Gasteiger partial charge in [0.05, 0.1) is 0 Å². The van der Waals surface area contributed by atoms with Gasteiger partial charge in [-0.25, -0.2) is 0 Å². The number of rotatable bonds is 11. The van der Waals surface area contributed by atoms with E-state index in [1.165, 1.54) is 0 Å². The van der Waals surface area contributed by atoms with Crippen LogP contribution in [0.25, 0.3) is 0 Å². The maximum Gasteiger partial charge on any atom is 0.456 e. The van der Waals surface area contributed by atoms with Gasteiger partial charge in [0, 0.05) is 23.9 Å². The van der Waals surface area contributed by atoms with Gasteiger partial charge >= 0.3 is 21.9 Å². The summed E-state index contributed by atoms with van der Waals surface area (Å²) in [5.74, 6) is -6.67. The average Bonchev–Trinajstić information content (AvgIpc) is 2.63. The van der Waals surface area contributed by atoms with Crippen molar-refractivity contribution in [3.63, 3.8) is 0 Å². The summed E-state index contributed by atoms with van der Waals surface area (Å²) in [6, 6.07) is 3.35. The Morgan fingerprint density at radius 2 is 1.15 bits per heavy atom. The van der Waals surface area contributed by atoms with E-state index in [9.17, 15) is 39.5 Å². The molecule has 0 saturated carbocycles. The first-order valence-corrected chi connectivity index (χ1v) is 12.0. The van der Waals surface area contributed by atoms with Crippen LogP contribution >= 0.6 is 35.9 Å². The van der Waals surface area contributed by atoms with E-state index in [4.69, 9.17) is 4.18 Å². The first kappa shape index (κ1) is 30.4. The van der Waals surface area contributed by atoms with E-state index in [0.717, 1.165) is 9.69 Å². The highest BCUT2D eigenvalue weighted by molar-refractivity contribution is 8.13. The Morgan fingerprint density at radius 3 is 1.52 bits per heavy atom. The Labute approximate surface area is 199 Å². The van der Waals surface area contributed by atoms with E-state index in [1.54, 1.807) is 39.8 Å². The molecule has 1 rings (SSSR count). The summed E-state index contributed by atoms with van der Waals surface area (Å²) in [4.78, 5) is 0. The second-order valence-electron chi connectivity index (χ2n) is 8.00. The van der Waals surface area contributed by atoms with Crippen LogP contribution in [0.1, 0.15) is 76.0 Å². The van der Waals surface area contributed by atoms with Crippen LogP contribution in [-0.4, -0.2) is 21.9 Å². The van der Waals surface area contributed by atoms with Gasteiger partial charge in [0.15, 0.2) is 0 Å². The summed E-state index contributed by atoms with van der Waals surface area (Å²) < 4.78 is 126. The highest BCUT2D eigenvalue weighted by atomic mass is 32.2. The van der Waals surface area contributed by atoms with Crippen LogP contribution in [0.15, 0.2) is 12.1 Å². The summed E-state index contributed by atoms with van der Waals surface area (Å²) in [6.45, 7) is 10.7. The number of alkyl halides is 9. The Bertz CT molecular complexity index is 770. The molecule has 0 heterocycles. The minimum absolute atomic E-state index is 0.0604. The normalized spacial score (nSPS) is 14.0. The van der Waals surface area contributed by atoms with E-state index < -0.39 is 57.9 Å². The molecule has 2 nitrogen and oxygen atoms in total. The Kier molecular flexibility index (Phi) is 10.1. The van der Waals surface area contributed by atoms with Gasteiger partial charge < -0.3 is 4.18 Å². The third-order valence-electron chi connectivity index (χ3n) is 4.37. The predicted molar refractivity (Wildman–Crippen MR) is 116 cm³/mol. The minimum Gasteiger partial charge on any atom is -0.419 e. The maximum atomic E-state index is 14.3. The van der Waals surface area contributed by atoms with Crippen molar-refractivity contribution in [3.05, 3.63) is 28.8 Å². The summed E-state index contributed by atoms with van der Waals surface area (Å²) in [7, 11) is 0. The Morgan fingerprint density at radius 1 is 0.697 bits per heavy atom. The molecule has 0 aliphatic heterocycles. The predicted octanol–water partition coefficient (Wildman–Crippen LogP) is 9.31. The van der Waals surface area contributed by atoms with Crippen LogP contribution in [-0.2, 0) is 0 Å². The van der Waals surface area contributed by atoms with Crippen molar-refractivity contribution in [3.8, 4) is 5.75 Å². The molecule has 33 heavy (non-hydrogen) atoms. The van der Waals surface area contributed by atoms with Crippen molar-refractivity contribution in [1.29, 1.82) is 0 Å². The van der Waals surface area contributed by atoms with Crippen LogP contribution in [0, 0.1) is 0 Å². The fraction of sp³-hybridized carbons (Fsp3) is 0.684. The molecule has 0 unspecified atom stereocenters. The van der Waals surface area contributed by atoms with Crippen LogP contribution < -0.4 is 8.31 Å². The summed E-state index contributed by atoms with van der Waals surface area (Å²) >= 11 is -3.88. The third-order valence-corrected chi connectivity index (χ3v) is 6.49. The SMILES string of the molecule is CC(C)c1cc(C(C)C)c(OSC(F)(F)C(F)(F)C(F)(F)SNSC(F)(F)F)c(C(C)C)c1. The van der Waals surface area contributed by atoms with Crippen molar-refractivity contribution >= 4 is 35.9 Å². The Balaban J connectivity index is 3.23. The summed E-state index contributed by atoms with van der Waals surface area (Å²) in [5.41, 5.74) is -3.36. The molecule has 1 aromatic rings. The van der Waals surface area contributed by atoms with Gasteiger partial charge in [-0.15, -0.1) is 0 Å². The third kappa shape index (κ3) is 7.69. The molecule has 0 aromatic heterocycles. The molecule has 0 atom stereocenters. The van der Waals surface area contributed by atoms with E-state index >= 15 is 0 Å². The number of halogens is 9. The highest BCUT2D eigenvalue weighted by Gasteiger charge is 2.74. The van der Waals surface area contributed by atoms with Crippen molar-refractivity contribution in [2.45, 2.75) is 81.2 Å². The van der Waals surface area contributed by atoms with E-state index in [0.29, 0.717) is 11.1 Å². The van der Waals surface area contributed by atoms with Crippen LogP contribution in [0.3, 0.4) is 0 Å². The molecular formula is C19H24F9NOS3. The molecule has 0 bridgehead atoms. The zero-order valence-corrected chi connectivity index (χ0v) is 20.9. The standard InChI is InChI=1S/C19H24F9NOS3/c1-9(2)12-7-13(10(3)4)15(14(8-12)11(5)6)30-33-18(24,25)16(20,21)17(22,23)31-29-32-19(26,27)28/h7-11,29H,1-6H3. The number of nitrogens with one attached hydrogen (secondary N) is 1. The Hall–Kier alpha value is -0.600. The average molecular weight is 550 g/mol. The zero-order chi connectivity index (χ0) is 26.0. The monoisotopic (exact) mass is 549 g/mol. The van der Waals surface area contributed by atoms with Gasteiger partial charge in [-0.1, -0.05) is 53.7 Å². The van der Waals surface area contributed by atoms with Gasteiger partial charge in [-0.2, -0.15) is 43.6 Å². The summed E-state index contributed by atoms with van der Waals surface area (Å²) in [5, 5.41) is -11.1. The smallest absolute Gasteiger partial charge is 0.419 e. The van der Waals surface area contributed by atoms with Gasteiger partial charge in [0.25, 0.3) is 0 Å². The van der Waals surface area contributed by atoms with E-state index in [2.05, 4.69) is 0 Å². The molecule has 0 aliphatic carbocycles. The molecular weight excluding hydrogens is 525 g/mol. The molecule has 0 spiro atoms. The second-order valence-corrected chi connectivity index (χ2v) is 10.9. The quantitative estimate of drug-likeness (QED) is 0.168. The van der Waals surface area contributed by atoms with E-state index in [-0.39, 0.29) is 23.5 Å². The van der Waals surface area contributed by atoms with Crippen molar-refractivity contribution in [2.75, 3.05) is 0 Å². The molecule has 0 aliphatic rings. The summed E-state index contributed by atoms with van der Waals surface area (Å²) in [6.07, 6.45) is 0. The molecule has 0 radical (unpaired) electrons. The van der Waals surface area contributed by atoms with Crippen molar-refractivity contribution in [1.82, 2.24) is 4.13 Å². The fourth-order valence-corrected chi connectivity index (χ4v) is 4.38. The molecule has 0 fully saturated rings. The fourth-order valence-electron chi connectivity index (χ4n) is 2.49. The lowest BCUT2D eigenvalue weighted by atomic mass is 9.88. The maximum absolute atomic E-state index is 14.3. The van der Waals surface area contributed by atoms with Gasteiger partial charge in [-0.05, 0) is 34.4 Å². The second kappa shape index (κ2) is 11.0. The largest absolute Gasteiger partial charge is 0.456 e. The molecule has 1 aromatic carbocycles. The lowest BCUT2D eigenvalue weighted by Crippen LogP contribution is -2.51.